The summed E-state index contributed by atoms with van der Waals surface area (Å²) >= 11 is 7.39. The van der Waals surface area contributed by atoms with Gasteiger partial charge in [0.2, 0.25) is 21.8 Å². The molecule has 0 radical (unpaired) electrons. The monoisotopic (exact) mass is 547 g/mol. The van der Waals surface area contributed by atoms with E-state index in [0.29, 0.717) is 28.7 Å². The Morgan fingerprint density at radius 3 is 2.81 bits per heavy atom. The van der Waals surface area contributed by atoms with Crippen molar-refractivity contribution in [1.82, 2.24) is 19.5 Å². The highest BCUT2D eigenvalue weighted by molar-refractivity contribution is 7.89. The number of fused-ring (bicyclic) bond motifs is 1. The fourth-order valence-corrected chi connectivity index (χ4v) is 7.39. The molecule has 9 nitrogen and oxygen atoms in total. The molecule has 1 fully saturated rings. The van der Waals surface area contributed by atoms with Crippen molar-refractivity contribution in [3.8, 4) is 0 Å². The first kappa shape index (κ1) is 26.1. The van der Waals surface area contributed by atoms with E-state index in [2.05, 4.69) is 16.9 Å². The number of nitrogens with one attached hydrogen (secondary N) is 1. The quantitative estimate of drug-likeness (QED) is 0.397. The molecule has 2 amide bonds. The van der Waals surface area contributed by atoms with Crippen molar-refractivity contribution in [2.75, 3.05) is 38.5 Å². The van der Waals surface area contributed by atoms with Crippen LogP contribution in [0.2, 0.25) is 5.02 Å². The summed E-state index contributed by atoms with van der Waals surface area (Å²) in [6.45, 7) is 3.87. The third-order valence-corrected chi connectivity index (χ3v) is 9.56. The number of hydrogen-bond donors (Lipinski definition) is 2. The third-order valence-electron chi connectivity index (χ3n) is 5.88. The summed E-state index contributed by atoms with van der Waals surface area (Å²) in [5.41, 5.74) is 6.60. The molecule has 4 rings (SSSR count). The van der Waals surface area contributed by atoms with Gasteiger partial charge >= 0.3 is 0 Å². The number of carbonyl (C=O) groups is 2. The predicted molar refractivity (Wildman–Crippen MR) is 142 cm³/mol. The van der Waals surface area contributed by atoms with Gasteiger partial charge in [-0.05, 0) is 47.7 Å². The SMILES string of the molecule is C=CC(c1cc2ccc(Cl)cc2s1)S(=O)(=O)N1CCN(CC(=O)NCCc2ccnc(N)c2)C(=O)C1. The topological polar surface area (TPSA) is 126 Å². The van der Waals surface area contributed by atoms with Gasteiger partial charge in [0.05, 0.1) is 13.1 Å². The second-order valence-corrected chi connectivity index (χ2v) is 12.0. The predicted octanol–water partition coefficient (Wildman–Crippen LogP) is 2.59. The maximum Gasteiger partial charge on any atom is 0.239 e. The molecule has 1 saturated heterocycles. The normalized spacial score (nSPS) is 15.7. The summed E-state index contributed by atoms with van der Waals surface area (Å²) in [5.74, 6) is -0.324. The van der Waals surface area contributed by atoms with Gasteiger partial charge in [-0.1, -0.05) is 23.7 Å². The average molecular weight is 548 g/mol. The van der Waals surface area contributed by atoms with Crippen molar-refractivity contribution in [2.45, 2.75) is 11.7 Å². The first-order valence-corrected chi connectivity index (χ1v) is 13.9. The average Bonchev–Trinajstić information content (AvgIpc) is 3.23. The van der Waals surface area contributed by atoms with Gasteiger partial charge in [0.25, 0.3) is 0 Å². The molecule has 0 bridgehead atoms. The van der Waals surface area contributed by atoms with Crippen LogP contribution < -0.4 is 11.1 Å². The van der Waals surface area contributed by atoms with Gasteiger partial charge in [-0.2, -0.15) is 4.31 Å². The number of pyridine rings is 1. The number of benzene rings is 1. The lowest BCUT2D eigenvalue weighted by molar-refractivity contribution is -0.138. The molecule has 0 spiro atoms. The number of carbonyl (C=O) groups excluding carboxylic acids is 2. The lowest BCUT2D eigenvalue weighted by atomic mass is 10.2. The molecular weight excluding hydrogens is 522 g/mol. The van der Waals surface area contributed by atoms with E-state index in [9.17, 15) is 18.0 Å². The van der Waals surface area contributed by atoms with E-state index in [-0.39, 0.29) is 32.1 Å². The van der Waals surface area contributed by atoms with Gasteiger partial charge in [0.1, 0.15) is 11.1 Å². The number of sulfonamides is 1. The number of nitrogens with zero attached hydrogens (tertiary/aromatic N) is 3. The number of hydrogen-bond acceptors (Lipinski definition) is 7. The number of amides is 2. The maximum atomic E-state index is 13.4. The number of nitrogen functional groups attached to an aromatic ring is 1. The smallest absolute Gasteiger partial charge is 0.239 e. The van der Waals surface area contributed by atoms with E-state index in [4.69, 9.17) is 17.3 Å². The summed E-state index contributed by atoms with van der Waals surface area (Å²) in [7, 11) is -3.89. The van der Waals surface area contributed by atoms with Crippen LogP contribution in [0.5, 0.6) is 0 Å². The highest BCUT2D eigenvalue weighted by atomic mass is 35.5. The van der Waals surface area contributed by atoms with Crippen molar-refractivity contribution in [2.24, 2.45) is 0 Å². The van der Waals surface area contributed by atoms with E-state index < -0.39 is 21.2 Å². The number of piperazine rings is 1. The Morgan fingerprint density at radius 1 is 1.28 bits per heavy atom. The van der Waals surface area contributed by atoms with Crippen molar-refractivity contribution >= 4 is 60.7 Å². The standard InChI is InChI=1S/C24H26ClN5O4S2/c1-2-21(20-12-17-3-4-18(25)13-19(17)35-20)36(33,34)30-10-9-29(24(32)15-30)14-23(31)28-8-6-16-5-7-27-22(26)11-16/h2-5,7,11-13,21H,1,6,8-10,14-15H2,(H2,26,27)(H,28,31). The maximum absolute atomic E-state index is 13.4. The molecule has 3 N–H and O–H groups in total. The zero-order chi connectivity index (χ0) is 25.9. The lowest BCUT2D eigenvalue weighted by Crippen LogP contribution is -2.54. The van der Waals surface area contributed by atoms with Crippen LogP contribution in [-0.2, 0) is 26.0 Å². The summed E-state index contributed by atoms with van der Waals surface area (Å²) in [6, 6.07) is 10.7. The molecule has 1 unspecified atom stereocenters. The molecule has 3 heterocycles. The van der Waals surface area contributed by atoms with Gasteiger partial charge in [0, 0.05) is 40.4 Å². The van der Waals surface area contributed by atoms with Gasteiger partial charge in [-0.3, -0.25) is 9.59 Å². The van der Waals surface area contributed by atoms with Gasteiger partial charge in [-0.15, -0.1) is 17.9 Å². The van der Waals surface area contributed by atoms with Gasteiger partial charge in [-0.25, -0.2) is 13.4 Å². The van der Waals surface area contributed by atoms with Gasteiger partial charge in [0.15, 0.2) is 0 Å². The van der Waals surface area contributed by atoms with E-state index in [1.807, 2.05) is 18.2 Å². The van der Waals surface area contributed by atoms with Gasteiger partial charge < -0.3 is 16.0 Å². The molecule has 2 aromatic heterocycles. The number of aromatic nitrogens is 1. The Bertz CT molecular complexity index is 1410. The Morgan fingerprint density at radius 2 is 2.08 bits per heavy atom. The Kier molecular flexibility index (Phi) is 7.94. The van der Waals surface area contributed by atoms with Crippen LogP contribution in [0.15, 0.2) is 55.3 Å². The molecule has 12 heteroatoms. The molecule has 0 saturated carbocycles. The van der Waals surface area contributed by atoms with E-state index in [1.165, 1.54) is 26.6 Å². The van der Waals surface area contributed by atoms with Crippen molar-refractivity contribution in [3.63, 3.8) is 0 Å². The number of thiophene rings is 1. The van der Waals surface area contributed by atoms with Crippen molar-refractivity contribution < 1.29 is 18.0 Å². The summed E-state index contributed by atoms with van der Waals surface area (Å²) < 4.78 is 28.9. The van der Waals surface area contributed by atoms with Crippen LogP contribution in [0, 0.1) is 0 Å². The molecule has 0 aliphatic carbocycles. The molecule has 36 heavy (non-hydrogen) atoms. The number of rotatable bonds is 9. The van der Waals surface area contributed by atoms with E-state index in [1.54, 1.807) is 24.4 Å². The number of nitrogens with two attached hydrogens (primary N) is 1. The Balaban J connectivity index is 1.34. The molecular formula is C24H26ClN5O4S2. The second kappa shape index (κ2) is 11.0. The zero-order valence-corrected chi connectivity index (χ0v) is 21.8. The molecule has 1 aliphatic heterocycles. The first-order valence-electron chi connectivity index (χ1n) is 11.2. The van der Waals surface area contributed by atoms with Crippen molar-refractivity contribution in [3.05, 3.63) is 70.7 Å². The minimum Gasteiger partial charge on any atom is -0.384 e. The fraction of sp³-hybridized carbons (Fsp3) is 0.292. The van der Waals surface area contributed by atoms with Crippen LogP contribution in [0.3, 0.4) is 0 Å². The highest BCUT2D eigenvalue weighted by Gasteiger charge is 2.37. The molecule has 1 atom stereocenters. The zero-order valence-electron chi connectivity index (χ0n) is 19.4. The Hall–Kier alpha value is -2.99. The number of anilines is 1. The van der Waals surface area contributed by atoms with E-state index in [0.717, 1.165) is 15.6 Å². The summed E-state index contributed by atoms with van der Waals surface area (Å²) in [5, 5.41) is 3.25. The largest absolute Gasteiger partial charge is 0.384 e. The minimum atomic E-state index is -3.89. The third kappa shape index (κ3) is 5.86. The molecule has 1 aliphatic rings. The molecule has 3 aromatic rings. The summed E-state index contributed by atoms with van der Waals surface area (Å²) in [4.78, 5) is 31.0. The van der Waals surface area contributed by atoms with Crippen LogP contribution in [0.1, 0.15) is 15.7 Å². The molecule has 1 aromatic carbocycles. The van der Waals surface area contributed by atoms with Crippen molar-refractivity contribution in [1.29, 1.82) is 0 Å². The first-order chi connectivity index (χ1) is 17.2. The fourth-order valence-electron chi connectivity index (χ4n) is 4.01. The number of halogens is 1. The van der Waals surface area contributed by atoms with Crippen LogP contribution in [0.25, 0.3) is 10.1 Å². The highest BCUT2D eigenvalue weighted by Crippen LogP contribution is 2.37. The second-order valence-electron chi connectivity index (χ2n) is 8.37. The van der Waals surface area contributed by atoms with Crippen LogP contribution in [-0.4, -0.2) is 67.1 Å². The van der Waals surface area contributed by atoms with Crippen LogP contribution in [0.4, 0.5) is 5.82 Å². The minimum absolute atomic E-state index is 0.0959. The summed E-state index contributed by atoms with van der Waals surface area (Å²) in [6.07, 6.45) is 3.56. The van der Waals surface area contributed by atoms with Crippen LogP contribution >= 0.6 is 22.9 Å². The van der Waals surface area contributed by atoms with E-state index >= 15 is 0 Å². The lowest BCUT2D eigenvalue weighted by Gasteiger charge is -2.34. The Labute approximate surface area is 218 Å². The molecule has 190 valence electrons.